The van der Waals surface area contributed by atoms with Crippen LogP contribution in [0.4, 0.5) is 0 Å². The van der Waals surface area contributed by atoms with Gasteiger partial charge in [0.15, 0.2) is 6.04 Å². The highest BCUT2D eigenvalue weighted by Gasteiger charge is 2.33. The molecule has 1 saturated heterocycles. The molecule has 128 valence electrons. The monoisotopic (exact) mass is 346 g/mol. The smallest absolute Gasteiger partial charge is 0.278 e. The highest BCUT2D eigenvalue weighted by Crippen LogP contribution is 2.20. The van der Waals surface area contributed by atoms with Crippen LogP contribution in [-0.4, -0.2) is 49.2 Å². The summed E-state index contributed by atoms with van der Waals surface area (Å²) in [6.45, 7) is 7.46. The lowest BCUT2D eigenvalue weighted by Crippen LogP contribution is -3.29. The molecule has 0 bridgehead atoms. The molecule has 1 aromatic carbocycles. The Balaban J connectivity index is 1.30. The summed E-state index contributed by atoms with van der Waals surface area (Å²) in [6, 6.07) is 8.91. The number of carbonyl (C=O) groups is 1. The molecule has 1 saturated carbocycles. The summed E-state index contributed by atoms with van der Waals surface area (Å²) in [7, 11) is 0. The molecule has 1 aromatic heterocycles. The Labute approximate surface area is 146 Å². The lowest BCUT2D eigenvalue weighted by molar-refractivity contribution is -1.02. The number of aromatic nitrogens is 1. The van der Waals surface area contributed by atoms with Gasteiger partial charge in [0.05, 0.1) is 10.2 Å². The largest absolute Gasteiger partial charge is 0.348 e. The molecule has 0 unspecified atom stereocenters. The summed E-state index contributed by atoms with van der Waals surface area (Å²) in [6.07, 6.45) is 2.32. The summed E-state index contributed by atoms with van der Waals surface area (Å²) in [5.41, 5.74) is 1.12. The average Bonchev–Trinajstić information content (AvgIpc) is 3.31. The van der Waals surface area contributed by atoms with E-state index < -0.39 is 0 Å². The minimum Gasteiger partial charge on any atom is -0.348 e. The lowest BCUT2D eigenvalue weighted by Gasteiger charge is -2.32. The number of nitrogens with zero attached hydrogens (tertiary/aromatic N) is 1. The van der Waals surface area contributed by atoms with Crippen LogP contribution in [0.2, 0.25) is 0 Å². The number of piperazine rings is 1. The molecule has 1 aliphatic heterocycles. The van der Waals surface area contributed by atoms with E-state index in [0.717, 1.165) is 51.1 Å². The number of thiazole rings is 1. The second kappa shape index (κ2) is 6.78. The van der Waals surface area contributed by atoms with Crippen LogP contribution >= 0.6 is 11.3 Å². The van der Waals surface area contributed by atoms with E-state index in [1.807, 2.05) is 11.3 Å². The van der Waals surface area contributed by atoms with Crippen molar-refractivity contribution < 1.29 is 14.6 Å². The number of quaternary nitrogens is 2. The maximum absolute atomic E-state index is 12.2. The molecule has 2 heterocycles. The third-order valence-corrected chi connectivity index (χ3v) is 6.30. The number of fused-ring (bicyclic) bond motifs is 1. The van der Waals surface area contributed by atoms with Gasteiger partial charge in [-0.15, -0.1) is 11.3 Å². The normalized spacial score (nSPS) is 25.5. The summed E-state index contributed by atoms with van der Waals surface area (Å²) in [5, 5.41) is 4.37. The van der Waals surface area contributed by atoms with Gasteiger partial charge in [-0.1, -0.05) is 12.1 Å². The number of hydrogen-bond donors (Lipinski definition) is 3. The molecule has 1 atom stereocenters. The fourth-order valence-corrected chi connectivity index (χ4v) is 4.52. The van der Waals surface area contributed by atoms with Gasteiger partial charge in [0.2, 0.25) is 0 Å². The van der Waals surface area contributed by atoms with Gasteiger partial charge in [0.1, 0.15) is 37.7 Å². The zero-order valence-electron chi connectivity index (χ0n) is 14.2. The summed E-state index contributed by atoms with van der Waals surface area (Å²) in [4.78, 5) is 20.0. The van der Waals surface area contributed by atoms with E-state index in [1.165, 1.54) is 14.6 Å². The standard InChI is InChI=1S/C18H24N4OS/c1-13(18(23)19-14-6-7-14)22-10-8-21(9-11-22)12-17-20-15-4-2-3-5-16(15)24-17/h2-5,13-14H,6-12H2,1H3,(H,19,23)/p+2/t13-/m0/s1. The number of rotatable bonds is 5. The minimum absolute atomic E-state index is 0.0783. The van der Waals surface area contributed by atoms with E-state index in [9.17, 15) is 4.79 Å². The molecule has 1 amide bonds. The van der Waals surface area contributed by atoms with Crippen LogP contribution in [-0.2, 0) is 11.3 Å². The van der Waals surface area contributed by atoms with Crippen LogP contribution in [0.25, 0.3) is 10.2 Å². The zero-order valence-corrected chi connectivity index (χ0v) is 15.0. The van der Waals surface area contributed by atoms with Gasteiger partial charge in [0, 0.05) is 6.04 Å². The molecule has 1 aliphatic carbocycles. The van der Waals surface area contributed by atoms with Crippen molar-refractivity contribution in [2.75, 3.05) is 26.2 Å². The Morgan fingerprint density at radius 1 is 1.29 bits per heavy atom. The van der Waals surface area contributed by atoms with Gasteiger partial charge < -0.3 is 15.1 Å². The first-order valence-corrected chi connectivity index (χ1v) is 9.83. The van der Waals surface area contributed by atoms with Gasteiger partial charge in [-0.3, -0.25) is 4.79 Å². The van der Waals surface area contributed by atoms with E-state index in [1.54, 1.807) is 4.90 Å². The van der Waals surface area contributed by atoms with Crippen LogP contribution in [0.1, 0.15) is 24.8 Å². The number of benzene rings is 1. The maximum atomic E-state index is 12.2. The fraction of sp³-hybridized carbons (Fsp3) is 0.556. The maximum Gasteiger partial charge on any atom is 0.278 e. The number of carbonyl (C=O) groups excluding carboxylic acids is 1. The Morgan fingerprint density at radius 2 is 2.04 bits per heavy atom. The fourth-order valence-electron chi connectivity index (χ4n) is 3.48. The Morgan fingerprint density at radius 3 is 2.75 bits per heavy atom. The molecule has 0 spiro atoms. The van der Waals surface area contributed by atoms with Crippen LogP contribution < -0.4 is 15.1 Å². The first kappa shape index (κ1) is 16.0. The summed E-state index contributed by atoms with van der Waals surface area (Å²) < 4.78 is 1.28. The molecule has 2 aromatic rings. The van der Waals surface area contributed by atoms with Crippen LogP contribution in [0.5, 0.6) is 0 Å². The molecule has 24 heavy (non-hydrogen) atoms. The van der Waals surface area contributed by atoms with Crippen molar-refractivity contribution in [3.63, 3.8) is 0 Å². The molecule has 4 rings (SSSR count). The van der Waals surface area contributed by atoms with Gasteiger partial charge in [-0.25, -0.2) is 4.98 Å². The van der Waals surface area contributed by atoms with Crippen molar-refractivity contribution in [1.29, 1.82) is 0 Å². The van der Waals surface area contributed by atoms with Crippen molar-refractivity contribution in [1.82, 2.24) is 10.3 Å². The quantitative estimate of drug-likeness (QED) is 0.667. The first-order chi connectivity index (χ1) is 11.7. The topological polar surface area (TPSA) is 50.9 Å². The molecular weight excluding hydrogens is 320 g/mol. The predicted molar refractivity (Wildman–Crippen MR) is 95.3 cm³/mol. The van der Waals surface area contributed by atoms with Gasteiger partial charge >= 0.3 is 0 Å². The molecular formula is C18H26N4OS+2. The molecule has 6 heteroatoms. The van der Waals surface area contributed by atoms with Crippen molar-refractivity contribution in [2.45, 2.75) is 38.4 Å². The third-order valence-electron chi connectivity index (χ3n) is 5.27. The van der Waals surface area contributed by atoms with Gasteiger partial charge in [-0.2, -0.15) is 0 Å². The number of nitrogens with one attached hydrogen (secondary N) is 3. The third kappa shape index (κ3) is 3.61. The molecule has 3 N–H and O–H groups in total. The highest BCUT2D eigenvalue weighted by atomic mass is 32.1. The highest BCUT2D eigenvalue weighted by molar-refractivity contribution is 7.18. The number of para-hydroxylation sites is 1. The van der Waals surface area contributed by atoms with Crippen molar-refractivity contribution in [3.8, 4) is 0 Å². The van der Waals surface area contributed by atoms with Crippen molar-refractivity contribution in [2.24, 2.45) is 0 Å². The SMILES string of the molecule is C[C@@H](C(=O)NC1CC1)[NH+]1CC[NH+](Cc2nc3ccccc3s2)CC1. The van der Waals surface area contributed by atoms with Crippen LogP contribution in [0.15, 0.2) is 24.3 Å². The second-order valence-corrected chi connectivity index (χ2v) is 8.28. The van der Waals surface area contributed by atoms with Crippen molar-refractivity contribution in [3.05, 3.63) is 29.3 Å². The van der Waals surface area contributed by atoms with E-state index >= 15 is 0 Å². The first-order valence-electron chi connectivity index (χ1n) is 9.02. The molecule has 5 nitrogen and oxygen atoms in total. The zero-order chi connectivity index (χ0) is 16.5. The Bertz CT molecular complexity index is 686. The Kier molecular flexibility index (Phi) is 4.52. The van der Waals surface area contributed by atoms with E-state index in [-0.39, 0.29) is 11.9 Å². The summed E-state index contributed by atoms with van der Waals surface area (Å²) >= 11 is 1.81. The van der Waals surface area contributed by atoms with Gasteiger partial charge in [0.25, 0.3) is 5.91 Å². The molecule has 2 fully saturated rings. The van der Waals surface area contributed by atoms with Crippen molar-refractivity contribution >= 4 is 27.5 Å². The Hall–Kier alpha value is -1.50. The second-order valence-electron chi connectivity index (χ2n) is 7.16. The number of amides is 1. The minimum atomic E-state index is 0.0783. The van der Waals surface area contributed by atoms with E-state index in [0.29, 0.717) is 6.04 Å². The number of hydrogen-bond acceptors (Lipinski definition) is 3. The van der Waals surface area contributed by atoms with Crippen LogP contribution in [0, 0.1) is 0 Å². The average molecular weight is 347 g/mol. The summed E-state index contributed by atoms with van der Waals surface area (Å²) in [5.74, 6) is 0.238. The van der Waals surface area contributed by atoms with Crippen LogP contribution in [0.3, 0.4) is 0 Å². The lowest BCUT2D eigenvalue weighted by atomic mass is 10.2. The molecule has 2 aliphatic rings. The van der Waals surface area contributed by atoms with E-state index in [4.69, 9.17) is 4.98 Å². The molecule has 0 radical (unpaired) electrons. The van der Waals surface area contributed by atoms with E-state index in [2.05, 4.69) is 36.5 Å². The van der Waals surface area contributed by atoms with Gasteiger partial charge in [-0.05, 0) is 31.9 Å². The predicted octanol–water partition coefficient (Wildman–Crippen LogP) is -0.753.